The molecule has 0 aliphatic heterocycles. The third-order valence-corrected chi connectivity index (χ3v) is 2.38. The molecule has 3 heteroatoms. The second-order valence-corrected chi connectivity index (χ2v) is 3.59. The number of esters is 1. The average Bonchev–Trinajstić information content (AvgIpc) is 2.26. The van der Waals surface area contributed by atoms with Gasteiger partial charge in [-0.05, 0) is 30.5 Å². The molecule has 0 fully saturated rings. The number of benzene rings is 1. The van der Waals surface area contributed by atoms with Crippen LogP contribution in [0.25, 0.3) is 0 Å². The highest BCUT2D eigenvalue weighted by atomic mass is 19.1. The van der Waals surface area contributed by atoms with E-state index in [1.165, 1.54) is 19.2 Å². The fraction of sp³-hybridized carbons (Fsp3) is 0.417. The molecule has 15 heavy (non-hydrogen) atoms. The summed E-state index contributed by atoms with van der Waals surface area (Å²) in [4.78, 5) is 11.1. The number of aryl methyl sites for hydroxylation is 1. The molecule has 0 radical (unpaired) electrons. The lowest BCUT2D eigenvalue weighted by Gasteiger charge is -2.08. The highest BCUT2D eigenvalue weighted by Crippen LogP contribution is 2.11. The zero-order chi connectivity index (χ0) is 11.3. The van der Waals surface area contributed by atoms with E-state index in [-0.39, 0.29) is 17.7 Å². The third kappa shape index (κ3) is 3.70. The van der Waals surface area contributed by atoms with Crippen LogP contribution < -0.4 is 0 Å². The number of carbonyl (C=O) groups is 1. The normalized spacial score (nSPS) is 12.2. The lowest BCUT2D eigenvalue weighted by Crippen LogP contribution is -2.13. The van der Waals surface area contributed by atoms with Crippen molar-refractivity contribution in [1.29, 1.82) is 0 Å². The molecular weight excluding hydrogens is 195 g/mol. The van der Waals surface area contributed by atoms with Crippen molar-refractivity contribution in [2.75, 3.05) is 7.11 Å². The number of hydrogen-bond donors (Lipinski definition) is 0. The van der Waals surface area contributed by atoms with Gasteiger partial charge in [-0.1, -0.05) is 19.1 Å². The first-order valence-electron chi connectivity index (χ1n) is 4.95. The number of rotatable bonds is 4. The SMILES string of the molecule is COC(=O)[C@@H](C)CCc1ccc(F)cc1. The van der Waals surface area contributed by atoms with E-state index in [1.54, 1.807) is 12.1 Å². The van der Waals surface area contributed by atoms with Crippen LogP contribution in [-0.4, -0.2) is 13.1 Å². The minimum atomic E-state index is -0.236. The van der Waals surface area contributed by atoms with Gasteiger partial charge in [-0.25, -0.2) is 4.39 Å². The smallest absolute Gasteiger partial charge is 0.308 e. The summed E-state index contributed by atoms with van der Waals surface area (Å²) in [6, 6.07) is 6.33. The van der Waals surface area contributed by atoms with Gasteiger partial charge in [-0.15, -0.1) is 0 Å². The molecule has 0 unspecified atom stereocenters. The molecule has 0 N–H and O–H groups in total. The van der Waals surface area contributed by atoms with Gasteiger partial charge in [-0.2, -0.15) is 0 Å². The maximum absolute atomic E-state index is 12.6. The van der Waals surface area contributed by atoms with Crippen LogP contribution in [0, 0.1) is 11.7 Å². The molecule has 0 aliphatic rings. The summed E-state index contributed by atoms with van der Waals surface area (Å²) in [5.74, 6) is -0.545. The Labute approximate surface area is 89.1 Å². The molecule has 1 aromatic carbocycles. The fourth-order valence-electron chi connectivity index (χ4n) is 1.35. The van der Waals surface area contributed by atoms with E-state index in [0.717, 1.165) is 18.4 Å². The topological polar surface area (TPSA) is 26.3 Å². The minimum Gasteiger partial charge on any atom is -0.469 e. The Kier molecular flexibility index (Phi) is 4.28. The predicted molar refractivity (Wildman–Crippen MR) is 55.9 cm³/mol. The van der Waals surface area contributed by atoms with Crippen molar-refractivity contribution >= 4 is 5.97 Å². The minimum absolute atomic E-state index is 0.111. The van der Waals surface area contributed by atoms with Gasteiger partial charge >= 0.3 is 5.97 Å². The lowest BCUT2D eigenvalue weighted by molar-refractivity contribution is -0.145. The van der Waals surface area contributed by atoms with E-state index >= 15 is 0 Å². The molecule has 1 atom stereocenters. The molecule has 0 heterocycles. The van der Waals surface area contributed by atoms with Crippen LogP contribution in [0.1, 0.15) is 18.9 Å². The Morgan fingerprint density at radius 1 is 1.40 bits per heavy atom. The molecule has 82 valence electrons. The average molecular weight is 210 g/mol. The third-order valence-electron chi connectivity index (χ3n) is 2.38. The monoisotopic (exact) mass is 210 g/mol. The number of ether oxygens (including phenoxy) is 1. The molecule has 0 aliphatic carbocycles. The standard InChI is InChI=1S/C12H15FO2/c1-9(12(14)15-2)3-4-10-5-7-11(13)8-6-10/h5-9H,3-4H2,1-2H3/t9-/m0/s1. The molecule has 0 spiro atoms. The molecule has 0 saturated carbocycles. The summed E-state index contributed by atoms with van der Waals surface area (Å²) < 4.78 is 17.2. The van der Waals surface area contributed by atoms with Gasteiger partial charge in [0.2, 0.25) is 0 Å². The van der Waals surface area contributed by atoms with Crippen molar-refractivity contribution in [2.24, 2.45) is 5.92 Å². The first-order chi connectivity index (χ1) is 7.13. The van der Waals surface area contributed by atoms with Crippen LogP contribution in [0.5, 0.6) is 0 Å². The van der Waals surface area contributed by atoms with Crippen molar-refractivity contribution in [2.45, 2.75) is 19.8 Å². The van der Waals surface area contributed by atoms with E-state index < -0.39 is 0 Å². The molecule has 0 amide bonds. The highest BCUT2D eigenvalue weighted by molar-refractivity contribution is 5.71. The zero-order valence-electron chi connectivity index (χ0n) is 9.00. The van der Waals surface area contributed by atoms with Gasteiger partial charge in [0, 0.05) is 0 Å². The number of carbonyl (C=O) groups excluding carboxylic acids is 1. The first kappa shape index (κ1) is 11.7. The second kappa shape index (κ2) is 5.49. The second-order valence-electron chi connectivity index (χ2n) is 3.59. The molecule has 2 nitrogen and oxygen atoms in total. The van der Waals surface area contributed by atoms with Gasteiger partial charge < -0.3 is 4.74 Å². The lowest BCUT2D eigenvalue weighted by atomic mass is 10.0. The summed E-state index contributed by atoms with van der Waals surface area (Å²) in [5, 5.41) is 0. The molecule has 0 saturated heterocycles. The van der Waals surface area contributed by atoms with Crippen LogP contribution >= 0.6 is 0 Å². The van der Waals surface area contributed by atoms with E-state index in [2.05, 4.69) is 4.74 Å². The van der Waals surface area contributed by atoms with Gasteiger partial charge in [0.15, 0.2) is 0 Å². The maximum atomic E-state index is 12.6. The molecule has 0 aromatic heterocycles. The van der Waals surface area contributed by atoms with Crippen LogP contribution in [-0.2, 0) is 16.0 Å². The predicted octanol–water partition coefficient (Wildman–Crippen LogP) is 2.57. The Bertz CT molecular complexity index is 319. The Balaban J connectivity index is 2.43. The summed E-state index contributed by atoms with van der Waals surface area (Å²) >= 11 is 0. The number of halogens is 1. The Morgan fingerprint density at radius 3 is 2.53 bits per heavy atom. The fourth-order valence-corrected chi connectivity index (χ4v) is 1.35. The van der Waals surface area contributed by atoms with Crippen LogP contribution in [0.15, 0.2) is 24.3 Å². The van der Waals surface area contributed by atoms with E-state index in [0.29, 0.717) is 0 Å². The van der Waals surface area contributed by atoms with Gasteiger partial charge in [0.05, 0.1) is 13.0 Å². The quantitative estimate of drug-likeness (QED) is 0.714. The summed E-state index contributed by atoms with van der Waals surface area (Å²) in [5.41, 5.74) is 1.03. The van der Waals surface area contributed by atoms with Crippen molar-refractivity contribution in [3.8, 4) is 0 Å². The largest absolute Gasteiger partial charge is 0.469 e. The zero-order valence-corrected chi connectivity index (χ0v) is 9.00. The van der Waals surface area contributed by atoms with E-state index in [4.69, 9.17) is 0 Å². The first-order valence-corrected chi connectivity index (χ1v) is 4.95. The van der Waals surface area contributed by atoms with Crippen LogP contribution in [0.3, 0.4) is 0 Å². The number of methoxy groups -OCH3 is 1. The summed E-state index contributed by atoms with van der Waals surface area (Å²) in [6.07, 6.45) is 1.48. The number of hydrogen-bond acceptors (Lipinski definition) is 2. The molecule has 0 bridgehead atoms. The Morgan fingerprint density at radius 2 is 2.00 bits per heavy atom. The van der Waals surface area contributed by atoms with E-state index in [1.807, 2.05) is 6.92 Å². The molecular formula is C12H15FO2. The van der Waals surface area contributed by atoms with Crippen molar-refractivity contribution in [3.05, 3.63) is 35.6 Å². The van der Waals surface area contributed by atoms with Gasteiger partial charge in [0.1, 0.15) is 5.82 Å². The maximum Gasteiger partial charge on any atom is 0.308 e. The summed E-state index contributed by atoms with van der Waals surface area (Å²) in [7, 11) is 1.39. The Hall–Kier alpha value is -1.38. The molecule has 1 aromatic rings. The van der Waals surface area contributed by atoms with E-state index in [9.17, 15) is 9.18 Å². The van der Waals surface area contributed by atoms with Crippen molar-refractivity contribution < 1.29 is 13.9 Å². The summed E-state index contributed by atoms with van der Waals surface area (Å²) in [6.45, 7) is 1.83. The highest BCUT2D eigenvalue weighted by Gasteiger charge is 2.12. The van der Waals surface area contributed by atoms with Crippen LogP contribution in [0.2, 0.25) is 0 Å². The van der Waals surface area contributed by atoms with Crippen molar-refractivity contribution in [3.63, 3.8) is 0 Å². The molecule has 1 rings (SSSR count). The van der Waals surface area contributed by atoms with Crippen LogP contribution in [0.4, 0.5) is 4.39 Å². The van der Waals surface area contributed by atoms with Gasteiger partial charge in [0.25, 0.3) is 0 Å². The van der Waals surface area contributed by atoms with Crippen molar-refractivity contribution in [1.82, 2.24) is 0 Å². The van der Waals surface area contributed by atoms with Gasteiger partial charge in [-0.3, -0.25) is 4.79 Å².